The van der Waals surface area contributed by atoms with E-state index in [-0.39, 0.29) is 12.0 Å². The van der Waals surface area contributed by atoms with E-state index in [2.05, 4.69) is 21.4 Å². The summed E-state index contributed by atoms with van der Waals surface area (Å²) in [7, 11) is 0. The van der Waals surface area contributed by atoms with Crippen LogP contribution in [0.4, 0.5) is 0 Å². The van der Waals surface area contributed by atoms with Crippen molar-refractivity contribution < 1.29 is 0 Å². The predicted molar refractivity (Wildman–Crippen MR) is 66.3 cm³/mol. The highest BCUT2D eigenvalue weighted by Crippen LogP contribution is 2.18. The summed E-state index contributed by atoms with van der Waals surface area (Å²) >= 11 is 0. The minimum Gasteiger partial charge on any atom is -0.301 e. The number of rotatable bonds is 6. The molecule has 1 aromatic rings. The van der Waals surface area contributed by atoms with Crippen molar-refractivity contribution >= 4 is 0 Å². The lowest BCUT2D eigenvalue weighted by Gasteiger charge is -2.18. The highest BCUT2D eigenvalue weighted by molar-refractivity contribution is 5.22. The molecule has 88 valence electrons. The molecule has 0 aliphatic rings. The number of hydrogen-bond donors (Lipinski definition) is 1. The third-order valence-corrected chi connectivity index (χ3v) is 2.60. The zero-order valence-electron chi connectivity index (χ0n) is 9.74. The van der Waals surface area contributed by atoms with Gasteiger partial charge in [-0.1, -0.05) is 42.4 Å². The van der Waals surface area contributed by atoms with Crippen molar-refractivity contribution in [3.05, 3.63) is 46.3 Å². The molecule has 0 aliphatic heterocycles. The Morgan fingerprint density at radius 2 is 2.18 bits per heavy atom. The average molecular weight is 229 g/mol. The SMILES string of the molecule is CC(c1ccccc1)C(C#N)NCCN=[N+]=[N-]. The summed E-state index contributed by atoms with van der Waals surface area (Å²) in [5, 5.41) is 15.6. The molecule has 0 spiro atoms. The van der Waals surface area contributed by atoms with Gasteiger partial charge in [0, 0.05) is 23.9 Å². The standard InChI is InChI=1S/C12H15N5/c1-10(11-5-3-2-4-6-11)12(9-13)15-7-8-16-17-14/h2-6,10,12,15H,7-8H2,1H3. The molecule has 1 N–H and O–H groups in total. The lowest BCUT2D eigenvalue weighted by Crippen LogP contribution is -2.34. The predicted octanol–water partition coefficient (Wildman–Crippen LogP) is 2.58. The summed E-state index contributed by atoms with van der Waals surface area (Å²) in [6.07, 6.45) is 0. The molecule has 0 fully saturated rings. The van der Waals surface area contributed by atoms with Crippen LogP contribution in [0.2, 0.25) is 0 Å². The Kier molecular flexibility index (Phi) is 5.59. The van der Waals surface area contributed by atoms with Crippen LogP contribution in [0.1, 0.15) is 18.4 Å². The quantitative estimate of drug-likeness (QED) is 0.352. The third-order valence-electron chi connectivity index (χ3n) is 2.60. The van der Waals surface area contributed by atoms with Crippen LogP contribution in [0.5, 0.6) is 0 Å². The molecule has 0 bridgehead atoms. The van der Waals surface area contributed by atoms with Gasteiger partial charge in [0.1, 0.15) is 6.04 Å². The fraction of sp³-hybridized carbons (Fsp3) is 0.417. The Hall–Kier alpha value is -2.02. The summed E-state index contributed by atoms with van der Waals surface area (Å²) in [6.45, 7) is 2.87. The van der Waals surface area contributed by atoms with E-state index >= 15 is 0 Å². The summed E-state index contributed by atoms with van der Waals surface area (Å²) in [5.74, 6) is 0.104. The van der Waals surface area contributed by atoms with Gasteiger partial charge in [0.2, 0.25) is 0 Å². The van der Waals surface area contributed by atoms with E-state index in [1.807, 2.05) is 37.3 Å². The maximum Gasteiger partial charge on any atom is 0.102 e. The van der Waals surface area contributed by atoms with E-state index in [0.29, 0.717) is 13.1 Å². The maximum absolute atomic E-state index is 9.10. The molecule has 0 radical (unpaired) electrons. The second-order valence-corrected chi connectivity index (χ2v) is 3.71. The second-order valence-electron chi connectivity index (χ2n) is 3.71. The normalized spacial score (nSPS) is 13.2. The number of nitrogens with one attached hydrogen (secondary N) is 1. The van der Waals surface area contributed by atoms with Crippen LogP contribution < -0.4 is 5.32 Å². The summed E-state index contributed by atoms with van der Waals surface area (Å²) < 4.78 is 0. The largest absolute Gasteiger partial charge is 0.301 e. The summed E-state index contributed by atoms with van der Waals surface area (Å²) in [6, 6.07) is 11.8. The molecule has 5 nitrogen and oxygen atoms in total. The van der Waals surface area contributed by atoms with E-state index in [0.717, 1.165) is 5.56 Å². The molecular formula is C12H15N5. The van der Waals surface area contributed by atoms with Gasteiger partial charge in [-0.15, -0.1) is 0 Å². The Labute approximate surface area is 101 Å². The second kappa shape index (κ2) is 7.29. The highest BCUT2D eigenvalue weighted by atomic mass is 15.1. The molecule has 0 aliphatic carbocycles. The van der Waals surface area contributed by atoms with Gasteiger partial charge in [-0.3, -0.25) is 0 Å². The van der Waals surface area contributed by atoms with Crippen molar-refractivity contribution in [1.29, 1.82) is 5.26 Å². The molecule has 0 saturated carbocycles. The van der Waals surface area contributed by atoms with Gasteiger partial charge in [0.05, 0.1) is 6.07 Å². The van der Waals surface area contributed by atoms with Gasteiger partial charge in [-0.2, -0.15) is 5.26 Å². The zero-order chi connectivity index (χ0) is 12.5. The smallest absolute Gasteiger partial charge is 0.102 e. The number of azide groups is 1. The molecule has 1 rings (SSSR count). The molecule has 2 atom stereocenters. The first-order chi connectivity index (χ1) is 8.29. The Balaban J connectivity index is 2.56. The zero-order valence-corrected chi connectivity index (χ0v) is 9.74. The summed E-state index contributed by atoms with van der Waals surface area (Å²) in [4.78, 5) is 2.66. The number of hydrogen-bond acceptors (Lipinski definition) is 3. The lowest BCUT2D eigenvalue weighted by molar-refractivity contribution is 0.536. The maximum atomic E-state index is 9.10. The molecule has 0 heterocycles. The molecule has 2 unspecified atom stereocenters. The van der Waals surface area contributed by atoms with Gasteiger partial charge in [-0.05, 0) is 11.1 Å². The van der Waals surface area contributed by atoms with Crippen molar-refractivity contribution in [1.82, 2.24) is 5.32 Å². The minimum atomic E-state index is -0.272. The van der Waals surface area contributed by atoms with Crippen LogP contribution in [-0.4, -0.2) is 19.1 Å². The van der Waals surface area contributed by atoms with Gasteiger partial charge in [0.25, 0.3) is 0 Å². The molecule has 1 aromatic carbocycles. The van der Waals surface area contributed by atoms with Crippen LogP contribution in [0.15, 0.2) is 35.4 Å². The average Bonchev–Trinajstić information content (AvgIpc) is 2.39. The minimum absolute atomic E-state index is 0.104. The lowest BCUT2D eigenvalue weighted by atomic mass is 9.94. The molecular weight excluding hydrogens is 214 g/mol. The van der Waals surface area contributed by atoms with Crippen molar-refractivity contribution in [2.45, 2.75) is 18.9 Å². The monoisotopic (exact) mass is 229 g/mol. The van der Waals surface area contributed by atoms with Crippen molar-refractivity contribution in [3.8, 4) is 6.07 Å². The highest BCUT2D eigenvalue weighted by Gasteiger charge is 2.17. The van der Waals surface area contributed by atoms with Crippen molar-refractivity contribution in [3.63, 3.8) is 0 Å². The van der Waals surface area contributed by atoms with Crippen LogP contribution in [0.3, 0.4) is 0 Å². The molecule has 17 heavy (non-hydrogen) atoms. The van der Waals surface area contributed by atoms with Gasteiger partial charge < -0.3 is 5.32 Å². The van der Waals surface area contributed by atoms with E-state index < -0.39 is 0 Å². The van der Waals surface area contributed by atoms with Crippen molar-refractivity contribution in [2.75, 3.05) is 13.1 Å². The topological polar surface area (TPSA) is 84.6 Å². The third kappa shape index (κ3) is 4.15. The van der Waals surface area contributed by atoms with Crippen LogP contribution in [0.25, 0.3) is 10.4 Å². The first-order valence-corrected chi connectivity index (χ1v) is 5.48. The Bertz CT molecular complexity index is 416. The van der Waals surface area contributed by atoms with E-state index in [4.69, 9.17) is 10.8 Å². The number of benzene rings is 1. The Morgan fingerprint density at radius 1 is 1.47 bits per heavy atom. The van der Waals surface area contributed by atoms with E-state index in [9.17, 15) is 0 Å². The van der Waals surface area contributed by atoms with Crippen LogP contribution in [0, 0.1) is 11.3 Å². The Morgan fingerprint density at radius 3 is 2.76 bits per heavy atom. The van der Waals surface area contributed by atoms with Gasteiger partial charge >= 0.3 is 0 Å². The summed E-state index contributed by atoms with van der Waals surface area (Å²) in [5.41, 5.74) is 9.26. The van der Waals surface area contributed by atoms with Crippen LogP contribution >= 0.6 is 0 Å². The first-order valence-electron chi connectivity index (χ1n) is 5.48. The van der Waals surface area contributed by atoms with Gasteiger partial charge in [-0.25, -0.2) is 0 Å². The first kappa shape index (κ1) is 13.0. The molecule has 0 aromatic heterocycles. The molecule has 0 amide bonds. The van der Waals surface area contributed by atoms with E-state index in [1.54, 1.807) is 0 Å². The van der Waals surface area contributed by atoms with E-state index in [1.165, 1.54) is 0 Å². The fourth-order valence-electron chi connectivity index (χ4n) is 1.60. The number of nitrogens with zero attached hydrogens (tertiary/aromatic N) is 4. The molecule has 0 saturated heterocycles. The van der Waals surface area contributed by atoms with Crippen molar-refractivity contribution in [2.24, 2.45) is 5.11 Å². The van der Waals surface area contributed by atoms with Gasteiger partial charge in [0.15, 0.2) is 0 Å². The number of nitriles is 1. The fourth-order valence-corrected chi connectivity index (χ4v) is 1.60. The van der Waals surface area contributed by atoms with Crippen LogP contribution in [-0.2, 0) is 0 Å². The molecule has 5 heteroatoms.